The van der Waals surface area contributed by atoms with Gasteiger partial charge in [-0.05, 0) is 65.3 Å². The van der Waals surface area contributed by atoms with Crippen LogP contribution >= 0.6 is 22.6 Å². The van der Waals surface area contributed by atoms with Crippen molar-refractivity contribution in [2.45, 2.75) is 77.2 Å². The largest absolute Gasteiger partial charge is 0.493 e. The summed E-state index contributed by atoms with van der Waals surface area (Å²) in [5.41, 5.74) is 1.01. The van der Waals surface area contributed by atoms with Crippen molar-refractivity contribution < 1.29 is 34.4 Å². The second kappa shape index (κ2) is 16.7. The van der Waals surface area contributed by atoms with Gasteiger partial charge in [-0.2, -0.15) is 0 Å². The summed E-state index contributed by atoms with van der Waals surface area (Å²) in [6.07, 6.45) is 7.48. The smallest absolute Gasteiger partial charge is 0.247 e. The molecule has 0 heterocycles. The summed E-state index contributed by atoms with van der Waals surface area (Å²) in [5.74, 6) is 0.147. The topological polar surface area (TPSA) is 129 Å². The number of ether oxygens (including phenoxy) is 2. The number of nitrogens with one attached hydrogen (secondary N) is 1. The Morgan fingerprint density at radius 2 is 1.97 bits per heavy atom. The van der Waals surface area contributed by atoms with E-state index in [-0.39, 0.29) is 38.0 Å². The fourth-order valence-corrected chi connectivity index (χ4v) is 5.15. The minimum Gasteiger partial charge on any atom is -0.493 e. The molecule has 3 atom stereocenters. The van der Waals surface area contributed by atoms with Gasteiger partial charge in [0, 0.05) is 25.1 Å². The van der Waals surface area contributed by atoms with Crippen molar-refractivity contribution in [2.75, 3.05) is 26.8 Å². The quantitative estimate of drug-likeness (QED) is 0.131. The maximum Gasteiger partial charge on any atom is 0.247 e. The van der Waals surface area contributed by atoms with E-state index in [1.165, 1.54) is 13.2 Å². The normalized spacial score (nSPS) is 19.2. The number of aliphatic hydroxyl groups excluding tert-OH is 3. The highest BCUT2D eigenvalue weighted by molar-refractivity contribution is 14.1. The SMILES string of the molecule is CCC=CC(=O)N(CCCCCC)C1CC(C(=O)NCCO)=CC(Oc2c(I)cc(CO)cc2OC)C1O. The van der Waals surface area contributed by atoms with Crippen LogP contribution < -0.4 is 14.8 Å². The van der Waals surface area contributed by atoms with Gasteiger partial charge in [-0.25, -0.2) is 0 Å². The summed E-state index contributed by atoms with van der Waals surface area (Å²) in [4.78, 5) is 27.8. The molecule has 0 radical (unpaired) electrons. The Balaban J connectivity index is 2.47. The number of allylic oxidation sites excluding steroid dienone is 1. The third kappa shape index (κ3) is 8.96. The first kappa shape index (κ1) is 32.1. The first-order valence-electron chi connectivity index (χ1n) is 13.2. The second-order valence-electron chi connectivity index (χ2n) is 9.19. The number of nitrogens with zero attached hydrogens (tertiary/aromatic N) is 1. The van der Waals surface area contributed by atoms with E-state index in [0.29, 0.717) is 39.2 Å². The number of unbranched alkanes of at least 4 members (excludes halogenated alkanes) is 3. The zero-order chi connectivity index (χ0) is 28.1. The number of amides is 2. The van der Waals surface area contributed by atoms with Crippen molar-refractivity contribution in [3.05, 3.63) is 45.1 Å². The van der Waals surface area contributed by atoms with Crippen LogP contribution in [0.25, 0.3) is 0 Å². The zero-order valence-corrected chi connectivity index (χ0v) is 24.6. The number of carbonyl (C=O) groups is 2. The number of benzene rings is 1. The summed E-state index contributed by atoms with van der Waals surface area (Å²) >= 11 is 2.07. The molecule has 1 aromatic carbocycles. The van der Waals surface area contributed by atoms with Gasteiger partial charge in [0.1, 0.15) is 12.2 Å². The van der Waals surface area contributed by atoms with Gasteiger partial charge in [0.05, 0.1) is 29.9 Å². The van der Waals surface area contributed by atoms with Gasteiger partial charge in [0.2, 0.25) is 11.8 Å². The predicted molar refractivity (Wildman–Crippen MR) is 154 cm³/mol. The summed E-state index contributed by atoms with van der Waals surface area (Å²) in [7, 11) is 1.49. The van der Waals surface area contributed by atoms with Gasteiger partial charge in [0.15, 0.2) is 11.5 Å². The summed E-state index contributed by atoms with van der Waals surface area (Å²) < 4.78 is 12.4. The molecule has 0 spiro atoms. The van der Waals surface area contributed by atoms with E-state index in [4.69, 9.17) is 9.47 Å². The molecule has 38 heavy (non-hydrogen) atoms. The Bertz CT molecular complexity index is 982. The molecule has 0 aromatic heterocycles. The first-order chi connectivity index (χ1) is 18.3. The number of rotatable bonds is 15. The lowest BCUT2D eigenvalue weighted by atomic mass is 9.88. The number of carbonyl (C=O) groups excluding carboxylic acids is 2. The van der Waals surface area contributed by atoms with Gasteiger partial charge in [-0.1, -0.05) is 39.2 Å². The van der Waals surface area contributed by atoms with E-state index in [2.05, 4.69) is 34.8 Å². The Kier molecular flexibility index (Phi) is 14.1. The number of aliphatic hydroxyl groups is 3. The van der Waals surface area contributed by atoms with Crippen LogP contribution in [0.3, 0.4) is 0 Å². The molecular weight excluding hydrogens is 603 g/mol. The third-order valence-corrected chi connectivity index (χ3v) is 7.17. The van der Waals surface area contributed by atoms with E-state index in [1.807, 2.05) is 6.92 Å². The number of methoxy groups -OCH3 is 1. The molecule has 212 valence electrons. The van der Waals surface area contributed by atoms with E-state index >= 15 is 0 Å². The molecule has 10 heteroatoms. The zero-order valence-electron chi connectivity index (χ0n) is 22.5. The van der Waals surface area contributed by atoms with Crippen LogP contribution in [0.15, 0.2) is 35.9 Å². The van der Waals surface area contributed by atoms with Crippen LogP contribution in [-0.2, 0) is 16.2 Å². The van der Waals surface area contributed by atoms with Gasteiger partial charge < -0.3 is 35.0 Å². The van der Waals surface area contributed by atoms with Gasteiger partial charge in [-0.3, -0.25) is 9.59 Å². The minimum atomic E-state index is -1.12. The monoisotopic (exact) mass is 644 g/mol. The maximum atomic E-state index is 13.2. The van der Waals surface area contributed by atoms with E-state index in [9.17, 15) is 24.9 Å². The van der Waals surface area contributed by atoms with Crippen molar-refractivity contribution in [3.63, 3.8) is 0 Å². The van der Waals surface area contributed by atoms with Crippen molar-refractivity contribution in [1.29, 1.82) is 0 Å². The van der Waals surface area contributed by atoms with Crippen molar-refractivity contribution in [3.8, 4) is 11.5 Å². The van der Waals surface area contributed by atoms with Crippen LogP contribution in [0.4, 0.5) is 0 Å². The number of hydrogen-bond donors (Lipinski definition) is 4. The van der Waals surface area contributed by atoms with Crippen molar-refractivity contribution in [1.82, 2.24) is 10.2 Å². The van der Waals surface area contributed by atoms with Crippen LogP contribution in [0.1, 0.15) is 57.9 Å². The third-order valence-electron chi connectivity index (χ3n) is 6.37. The van der Waals surface area contributed by atoms with Crippen LogP contribution in [-0.4, -0.2) is 77.1 Å². The lowest BCUT2D eigenvalue weighted by molar-refractivity contribution is -0.133. The van der Waals surface area contributed by atoms with E-state index in [1.54, 1.807) is 29.2 Å². The van der Waals surface area contributed by atoms with Crippen LogP contribution in [0.2, 0.25) is 0 Å². The molecule has 1 aromatic rings. The number of hydrogen-bond acceptors (Lipinski definition) is 7. The molecule has 3 unspecified atom stereocenters. The Labute approximate surface area is 239 Å². The Morgan fingerprint density at radius 3 is 2.61 bits per heavy atom. The second-order valence-corrected chi connectivity index (χ2v) is 10.3. The van der Waals surface area contributed by atoms with Gasteiger partial charge in [-0.15, -0.1) is 0 Å². The van der Waals surface area contributed by atoms with Gasteiger partial charge >= 0.3 is 0 Å². The van der Waals surface area contributed by atoms with Crippen LogP contribution in [0, 0.1) is 3.57 Å². The van der Waals surface area contributed by atoms with Gasteiger partial charge in [0.25, 0.3) is 0 Å². The standard InChI is InChI=1S/C28H41IN2O7/c1-4-6-8-9-12-31(25(34)10-7-5-2)22-16-20(28(36)30-11-13-32)17-23(26(22)35)38-27-21(29)14-19(18-33)15-24(27)37-3/h7,10,14-15,17,22-23,26,32-33,35H,4-6,8-9,11-13,16,18H2,1-3H3,(H,30,36). The van der Waals surface area contributed by atoms with Crippen molar-refractivity contribution >= 4 is 34.4 Å². The first-order valence-corrected chi connectivity index (χ1v) is 14.3. The molecule has 1 aliphatic carbocycles. The molecular formula is C28H41IN2O7. The fourth-order valence-electron chi connectivity index (χ4n) is 4.36. The molecule has 0 saturated heterocycles. The Morgan fingerprint density at radius 1 is 1.21 bits per heavy atom. The predicted octanol–water partition coefficient (Wildman–Crippen LogP) is 3.08. The number of halogens is 1. The fraction of sp³-hybridized carbons (Fsp3) is 0.571. The lowest BCUT2D eigenvalue weighted by Crippen LogP contribution is -2.55. The molecule has 9 nitrogen and oxygen atoms in total. The average Bonchev–Trinajstić information content (AvgIpc) is 2.92. The molecule has 2 rings (SSSR count). The molecule has 1 aliphatic rings. The minimum absolute atomic E-state index is 0.0855. The molecule has 4 N–H and O–H groups in total. The highest BCUT2D eigenvalue weighted by Gasteiger charge is 2.40. The lowest BCUT2D eigenvalue weighted by Gasteiger charge is -2.40. The van der Waals surface area contributed by atoms with Crippen LogP contribution in [0.5, 0.6) is 11.5 Å². The maximum absolute atomic E-state index is 13.2. The summed E-state index contributed by atoms with van der Waals surface area (Å²) in [6, 6.07) is 2.71. The average molecular weight is 645 g/mol. The molecule has 0 aliphatic heterocycles. The molecule has 2 amide bonds. The molecule has 0 saturated carbocycles. The van der Waals surface area contributed by atoms with Crippen molar-refractivity contribution in [2.24, 2.45) is 0 Å². The molecule has 0 bridgehead atoms. The summed E-state index contributed by atoms with van der Waals surface area (Å²) in [5, 5.41) is 32.9. The Hall–Kier alpha value is -2.15. The molecule has 0 fully saturated rings. The van der Waals surface area contributed by atoms with E-state index in [0.717, 1.165) is 25.7 Å². The highest BCUT2D eigenvalue weighted by Crippen LogP contribution is 2.37. The summed E-state index contributed by atoms with van der Waals surface area (Å²) in [6.45, 7) is 4.21. The highest BCUT2D eigenvalue weighted by atomic mass is 127. The van der Waals surface area contributed by atoms with E-state index < -0.39 is 18.2 Å².